The molecule has 1 unspecified atom stereocenters. The first-order valence-corrected chi connectivity index (χ1v) is 8.13. The quantitative estimate of drug-likeness (QED) is 0.853. The number of hydrogen-bond acceptors (Lipinski definition) is 4. The van der Waals surface area contributed by atoms with Crippen molar-refractivity contribution in [3.8, 4) is 0 Å². The Kier molecular flexibility index (Phi) is 3.58. The summed E-state index contributed by atoms with van der Waals surface area (Å²) in [4.78, 5) is 29.0. The van der Waals surface area contributed by atoms with Gasteiger partial charge in [-0.05, 0) is 26.2 Å². The van der Waals surface area contributed by atoms with Crippen LogP contribution in [0.25, 0.3) is 0 Å². The third kappa shape index (κ3) is 2.49. The number of carbonyl (C=O) groups is 1. The minimum atomic E-state index is -0.0559. The van der Waals surface area contributed by atoms with E-state index in [1.54, 1.807) is 16.3 Å². The van der Waals surface area contributed by atoms with E-state index in [9.17, 15) is 9.59 Å². The van der Waals surface area contributed by atoms with Gasteiger partial charge in [0.2, 0.25) is 5.91 Å². The molecule has 6 heteroatoms. The molecule has 1 N–H and O–H groups in total. The summed E-state index contributed by atoms with van der Waals surface area (Å²) in [7, 11) is 0. The highest BCUT2D eigenvalue weighted by Gasteiger charge is 2.30. The van der Waals surface area contributed by atoms with Gasteiger partial charge in [-0.1, -0.05) is 18.7 Å². The van der Waals surface area contributed by atoms with Crippen molar-refractivity contribution < 1.29 is 4.79 Å². The maximum Gasteiger partial charge on any atom is 0.257 e. The second-order valence-electron chi connectivity index (χ2n) is 5.50. The molecule has 0 aromatic carbocycles. The fourth-order valence-corrected chi connectivity index (χ4v) is 3.79. The summed E-state index contributed by atoms with van der Waals surface area (Å²) in [6.07, 6.45) is 3.23. The van der Waals surface area contributed by atoms with Crippen LogP contribution in [0.4, 0.5) is 0 Å². The number of thioether (sulfide) groups is 1. The molecule has 108 valence electrons. The van der Waals surface area contributed by atoms with E-state index < -0.39 is 0 Å². The number of carbonyl (C=O) groups excluding carboxylic acids is 1. The molecule has 1 aliphatic heterocycles. The van der Waals surface area contributed by atoms with Crippen molar-refractivity contribution in [2.75, 3.05) is 5.75 Å². The first-order valence-electron chi connectivity index (χ1n) is 7.14. The van der Waals surface area contributed by atoms with E-state index in [0.29, 0.717) is 18.9 Å². The molecule has 3 rings (SSSR count). The molecule has 1 aliphatic carbocycles. The topological polar surface area (TPSA) is 64.0 Å². The Hall–Kier alpha value is -1.30. The molecule has 1 atom stereocenters. The molecule has 0 bridgehead atoms. The van der Waals surface area contributed by atoms with Gasteiger partial charge in [0, 0.05) is 29.5 Å². The third-order valence-corrected chi connectivity index (χ3v) is 4.97. The summed E-state index contributed by atoms with van der Waals surface area (Å²) in [6, 6.07) is 0.315. The van der Waals surface area contributed by atoms with Gasteiger partial charge < -0.3 is 5.32 Å². The zero-order valence-electron chi connectivity index (χ0n) is 11.8. The molecule has 1 aromatic heterocycles. The predicted molar refractivity (Wildman–Crippen MR) is 78.2 cm³/mol. The van der Waals surface area contributed by atoms with Crippen LogP contribution < -0.4 is 10.9 Å². The number of nitrogens with zero attached hydrogens (tertiary/aromatic N) is 2. The van der Waals surface area contributed by atoms with Gasteiger partial charge in [0.05, 0.1) is 6.04 Å². The Morgan fingerprint density at radius 2 is 2.25 bits per heavy atom. The largest absolute Gasteiger partial charge is 0.353 e. The zero-order valence-corrected chi connectivity index (χ0v) is 12.6. The molecule has 20 heavy (non-hydrogen) atoms. The maximum absolute atomic E-state index is 12.5. The lowest BCUT2D eigenvalue weighted by atomic mass is 10.1. The molecule has 0 saturated heterocycles. The van der Waals surface area contributed by atoms with Gasteiger partial charge in [0.1, 0.15) is 0 Å². The van der Waals surface area contributed by atoms with Gasteiger partial charge in [0.15, 0.2) is 5.16 Å². The predicted octanol–water partition coefficient (Wildman–Crippen LogP) is 1.43. The van der Waals surface area contributed by atoms with Crippen LogP contribution in [-0.4, -0.2) is 27.3 Å². The fourth-order valence-electron chi connectivity index (χ4n) is 2.61. The number of hydrogen-bond donors (Lipinski definition) is 1. The number of amides is 1. The molecular weight excluding hydrogens is 274 g/mol. The van der Waals surface area contributed by atoms with Crippen molar-refractivity contribution in [1.82, 2.24) is 14.9 Å². The Balaban J connectivity index is 1.84. The molecule has 2 heterocycles. The number of aromatic nitrogens is 2. The van der Waals surface area contributed by atoms with Crippen LogP contribution in [-0.2, 0) is 11.2 Å². The normalized spacial score (nSPS) is 20.8. The molecule has 0 spiro atoms. The smallest absolute Gasteiger partial charge is 0.257 e. The molecule has 0 radical (unpaired) electrons. The highest BCUT2D eigenvalue weighted by molar-refractivity contribution is 7.99. The molecule has 1 saturated carbocycles. The average Bonchev–Trinajstić information content (AvgIpc) is 3.11. The van der Waals surface area contributed by atoms with Gasteiger partial charge in [0.25, 0.3) is 5.56 Å². The van der Waals surface area contributed by atoms with E-state index in [4.69, 9.17) is 0 Å². The van der Waals surface area contributed by atoms with Crippen LogP contribution in [0.3, 0.4) is 0 Å². The number of fused-ring (bicyclic) bond motifs is 1. The number of rotatable bonds is 4. The lowest BCUT2D eigenvalue weighted by molar-refractivity contribution is -0.121. The van der Waals surface area contributed by atoms with Crippen molar-refractivity contribution in [3.63, 3.8) is 0 Å². The lowest BCUT2D eigenvalue weighted by Gasteiger charge is -2.14. The third-order valence-electron chi connectivity index (χ3n) is 3.87. The summed E-state index contributed by atoms with van der Waals surface area (Å²) in [5.74, 6) is 0.809. The summed E-state index contributed by atoms with van der Waals surface area (Å²) >= 11 is 1.57. The Morgan fingerprint density at radius 1 is 1.50 bits per heavy atom. The van der Waals surface area contributed by atoms with E-state index >= 15 is 0 Å². The fraction of sp³-hybridized carbons (Fsp3) is 0.643. The number of nitrogens with one attached hydrogen (secondary N) is 1. The molecular formula is C14H19N3O2S. The zero-order chi connectivity index (χ0) is 14.3. The molecule has 1 aromatic rings. The van der Waals surface area contributed by atoms with Crippen LogP contribution in [0.5, 0.6) is 0 Å². The van der Waals surface area contributed by atoms with Crippen molar-refractivity contribution in [2.24, 2.45) is 0 Å². The standard InChI is InChI=1S/C14H19N3O2S/c1-3-11-8(2)15-14-17(13(11)19)10(7-20-14)6-12(18)16-9-4-5-9/h9-10H,3-7H2,1-2H3,(H,16,18). The van der Waals surface area contributed by atoms with E-state index in [2.05, 4.69) is 10.3 Å². The van der Waals surface area contributed by atoms with Crippen LogP contribution in [0, 0.1) is 6.92 Å². The van der Waals surface area contributed by atoms with Gasteiger partial charge in [-0.15, -0.1) is 0 Å². The van der Waals surface area contributed by atoms with E-state index in [1.807, 2.05) is 13.8 Å². The second kappa shape index (κ2) is 5.24. The summed E-state index contributed by atoms with van der Waals surface area (Å²) in [5.41, 5.74) is 1.62. The van der Waals surface area contributed by atoms with Crippen molar-refractivity contribution >= 4 is 17.7 Å². The van der Waals surface area contributed by atoms with Crippen LogP contribution in [0.2, 0.25) is 0 Å². The molecule has 2 aliphatic rings. The van der Waals surface area contributed by atoms with E-state index in [0.717, 1.165) is 35.0 Å². The minimum absolute atomic E-state index is 0.0317. The van der Waals surface area contributed by atoms with Gasteiger partial charge in [-0.3, -0.25) is 14.2 Å². The van der Waals surface area contributed by atoms with Crippen molar-refractivity contribution in [3.05, 3.63) is 21.6 Å². The van der Waals surface area contributed by atoms with Gasteiger partial charge >= 0.3 is 0 Å². The minimum Gasteiger partial charge on any atom is -0.353 e. The van der Waals surface area contributed by atoms with E-state index in [-0.39, 0.29) is 17.5 Å². The Morgan fingerprint density at radius 3 is 2.90 bits per heavy atom. The first-order chi connectivity index (χ1) is 9.60. The summed E-state index contributed by atoms with van der Waals surface area (Å²) in [6.45, 7) is 3.85. The van der Waals surface area contributed by atoms with Crippen LogP contribution >= 0.6 is 11.8 Å². The average molecular weight is 293 g/mol. The summed E-state index contributed by atoms with van der Waals surface area (Å²) < 4.78 is 1.73. The van der Waals surface area contributed by atoms with Crippen LogP contribution in [0.1, 0.15) is 43.5 Å². The molecule has 5 nitrogen and oxygen atoms in total. The van der Waals surface area contributed by atoms with Crippen LogP contribution in [0.15, 0.2) is 9.95 Å². The molecule has 1 fully saturated rings. The molecule has 1 amide bonds. The van der Waals surface area contributed by atoms with Crippen molar-refractivity contribution in [2.45, 2.75) is 56.8 Å². The monoisotopic (exact) mass is 293 g/mol. The Labute approximate surface area is 122 Å². The Bertz CT molecular complexity index is 607. The summed E-state index contributed by atoms with van der Waals surface area (Å²) in [5, 5.41) is 3.75. The van der Waals surface area contributed by atoms with Gasteiger partial charge in [-0.2, -0.15) is 0 Å². The lowest BCUT2D eigenvalue weighted by Crippen LogP contribution is -2.33. The maximum atomic E-state index is 12.5. The highest BCUT2D eigenvalue weighted by Crippen LogP contribution is 2.32. The van der Waals surface area contributed by atoms with Crippen molar-refractivity contribution in [1.29, 1.82) is 0 Å². The van der Waals surface area contributed by atoms with Gasteiger partial charge in [-0.25, -0.2) is 4.98 Å². The first kappa shape index (κ1) is 13.7. The second-order valence-corrected chi connectivity index (χ2v) is 6.48. The number of aryl methyl sites for hydroxylation is 1. The highest BCUT2D eigenvalue weighted by atomic mass is 32.2. The SMILES string of the molecule is CCc1c(C)nc2n(c1=O)C(CC(=O)NC1CC1)CS2. The van der Waals surface area contributed by atoms with E-state index in [1.165, 1.54) is 0 Å².